The number of halogens is 3. The van der Waals surface area contributed by atoms with E-state index in [-0.39, 0.29) is 30.6 Å². The molecular weight excluding hydrogens is 517 g/mol. The first kappa shape index (κ1) is 27.7. The number of aliphatic carboxylic acids is 1. The van der Waals surface area contributed by atoms with E-state index in [1.165, 1.54) is 12.1 Å². The van der Waals surface area contributed by atoms with E-state index in [2.05, 4.69) is 15.6 Å². The summed E-state index contributed by atoms with van der Waals surface area (Å²) in [5.74, 6) is -3.09. The van der Waals surface area contributed by atoms with Gasteiger partial charge >= 0.3 is 12.1 Å². The van der Waals surface area contributed by atoms with Gasteiger partial charge in [0.05, 0.1) is 6.42 Å². The Kier molecular flexibility index (Phi) is 8.22. The number of carbonyl (C=O) groups is 3. The maximum Gasteiger partial charge on any atom is 0.437 e. The second-order valence-corrected chi connectivity index (χ2v) is 9.37. The Bertz CT molecular complexity index is 1340. The van der Waals surface area contributed by atoms with Crippen LogP contribution in [-0.2, 0) is 11.0 Å². The molecule has 1 aromatic heterocycles. The molecule has 1 aliphatic heterocycles. The van der Waals surface area contributed by atoms with Crippen LogP contribution in [-0.4, -0.2) is 47.5 Å². The topological polar surface area (TPSA) is 125 Å². The lowest BCUT2D eigenvalue weighted by molar-refractivity contribution is -0.141. The SMILES string of the molecule is CC1CCCN(c2nc(C(F)(F)F)c(C(=O)Nc3ccc(-c4ccc(C(=O)NCCC(=O)O)cc4)cc3)o2)C1. The van der Waals surface area contributed by atoms with Crippen molar-refractivity contribution < 1.29 is 37.1 Å². The minimum Gasteiger partial charge on any atom is -0.481 e. The van der Waals surface area contributed by atoms with E-state index in [1.807, 2.05) is 6.92 Å². The number of oxazole rings is 1. The normalized spacial score (nSPS) is 15.6. The van der Waals surface area contributed by atoms with E-state index in [1.54, 1.807) is 41.3 Å². The fraction of sp³-hybridized carbons (Fsp3) is 0.333. The number of carbonyl (C=O) groups excluding carboxylic acids is 2. The highest BCUT2D eigenvalue weighted by molar-refractivity contribution is 6.03. The van der Waals surface area contributed by atoms with Crippen molar-refractivity contribution in [2.24, 2.45) is 5.92 Å². The third kappa shape index (κ3) is 6.95. The molecule has 2 heterocycles. The number of amides is 2. The highest BCUT2D eigenvalue weighted by Crippen LogP contribution is 2.35. The van der Waals surface area contributed by atoms with E-state index in [0.717, 1.165) is 24.0 Å². The van der Waals surface area contributed by atoms with Crippen molar-refractivity contribution in [3.05, 3.63) is 65.5 Å². The van der Waals surface area contributed by atoms with Gasteiger partial charge in [0.2, 0.25) is 5.76 Å². The Balaban J connectivity index is 1.44. The van der Waals surface area contributed by atoms with Crippen LogP contribution < -0.4 is 15.5 Å². The van der Waals surface area contributed by atoms with E-state index in [9.17, 15) is 27.6 Å². The minimum absolute atomic E-state index is 0.0143. The number of anilines is 2. The van der Waals surface area contributed by atoms with Crippen molar-refractivity contribution >= 4 is 29.5 Å². The minimum atomic E-state index is -4.86. The lowest BCUT2D eigenvalue weighted by Gasteiger charge is -2.29. The fourth-order valence-corrected chi connectivity index (χ4v) is 4.29. The van der Waals surface area contributed by atoms with Crippen LogP contribution in [0.4, 0.5) is 24.9 Å². The molecule has 0 radical (unpaired) electrons. The predicted molar refractivity (Wildman–Crippen MR) is 137 cm³/mol. The summed E-state index contributed by atoms with van der Waals surface area (Å²) in [5, 5.41) is 13.6. The van der Waals surface area contributed by atoms with Crippen LogP contribution in [0, 0.1) is 5.92 Å². The highest BCUT2D eigenvalue weighted by atomic mass is 19.4. The number of hydrogen-bond donors (Lipinski definition) is 3. The molecule has 0 saturated carbocycles. The van der Waals surface area contributed by atoms with Crippen LogP contribution in [0.1, 0.15) is 52.8 Å². The van der Waals surface area contributed by atoms with Crippen LogP contribution in [0.3, 0.4) is 0 Å². The zero-order chi connectivity index (χ0) is 28.2. The van der Waals surface area contributed by atoms with Crippen LogP contribution >= 0.6 is 0 Å². The molecule has 0 spiro atoms. The van der Waals surface area contributed by atoms with Crippen molar-refractivity contribution in [1.29, 1.82) is 0 Å². The van der Waals surface area contributed by atoms with Gasteiger partial charge in [-0.2, -0.15) is 18.2 Å². The maximum atomic E-state index is 13.6. The van der Waals surface area contributed by atoms with Gasteiger partial charge in [-0.1, -0.05) is 31.2 Å². The summed E-state index contributed by atoms with van der Waals surface area (Å²) in [6.45, 7) is 3.01. The van der Waals surface area contributed by atoms with Gasteiger partial charge < -0.3 is 25.1 Å². The van der Waals surface area contributed by atoms with Gasteiger partial charge in [-0.05, 0) is 54.2 Å². The summed E-state index contributed by atoms with van der Waals surface area (Å²) in [6, 6.07) is 12.8. The molecule has 1 saturated heterocycles. The number of aromatic nitrogens is 1. The standard InChI is InChI=1S/C27H27F3N4O5/c1-16-3-2-14-34(15-16)26-33-23(27(28,29)30)22(39-26)25(38)32-20-10-8-18(9-11-20)17-4-6-19(7-5-17)24(37)31-13-12-21(35)36/h4-11,16H,2-3,12-15H2,1H3,(H,31,37)(H,32,38)(H,35,36). The second kappa shape index (κ2) is 11.6. The molecule has 1 atom stereocenters. The van der Waals surface area contributed by atoms with E-state index in [0.29, 0.717) is 18.7 Å². The number of nitrogens with zero attached hydrogens (tertiary/aromatic N) is 2. The fourth-order valence-electron chi connectivity index (χ4n) is 4.29. The average Bonchev–Trinajstić information content (AvgIpc) is 3.36. The van der Waals surface area contributed by atoms with Crippen molar-refractivity contribution in [1.82, 2.24) is 10.3 Å². The molecule has 9 nitrogen and oxygen atoms in total. The van der Waals surface area contributed by atoms with Crippen molar-refractivity contribution in [2.45, 2.75) is 32.4 Å². The molecule has 12 heteroatoms. The van der Waals surface area contributed by atoms with Gasteiger partial charge in [-0.3, -0.25) is 14.4 Å². The zero-order valence-corrected chi connectivity index (χ0v) is 21.0. The first-order chi connectivity index (χ1) is 18.5. The molecule has 1 aliphatic rings. The monoisotopic (exact) mass is 544 g/mol. The summed E-state index contributed by atoms with van der Waals surface area (Å²) >= 11 is 0. The number of benzene rings is 2. The second-order valence-electron chi connectivity index (χ2n) is 9.37. The Morgan fingerprint density at radius 3 is 2.28 bits per heavy atom. The number of piperidine rings is 1. The van der Waals surface area contributed by atoms with Crippen LogP contribution in [0.15, 0.2) is 52.9 Å². The van der Waals surface area contributed by atoms with Crippen LogP contribution in [0.5, 0.6) is 0 Å². The number of nitrogens with one attached hydrogen (secondary N) is 2. The Morgan fingerprint density at radius 1 is 1.05 bits per heavy atom. The first-order valence-electron chi connectivity index (χ1n) is 12.4. The highest BCUT2D eigenvalue weighted by Gasteiger charge is 2.42. The molecule has 0 bridgehead atoms. The van der Waals surface area contributed by atoms with Gasteiger partial charge in [0, 0.05) is 30.9 Å². The van der Waals surface area contributed by atoms with Gasteiger partial charge in [0.1, 0.15) is 0 Å². The van der Waals surface area contributed by atoms with Gasteiger partial charge in [-0.25, -0.2) is 0 Å². The van der Waals surface area contributed by atoms with Crippen molar-refractivity contribution in [3.63, 3.8) is 0 Å². The summed E-state index contributed by atoms with van der Waals surface area (Å²) in [4.78, 5) is 40.7. The van der Waals surface area contributed by atoms with Gasteiger partial charge in [-0.15, -0.1) is 0 Å². The van der Waals surface area contributed by atoms with Gasteiger partial charge in [0.25, 0.3) is 17.8 Å². The largest absolute Gasteiger partial charge is 0.481 e. The Hall–Kier alpha value is -4.35. The van der Waals surface area contributed by atoms with Crippen LogP contribution in [0.2, 0.25) is 0 Å². The summed E-state index contributed by atoms with van der Waals surface area (Å²) in [7, 11) is 0. The zero-order valence-electron chi connectivity index (χ0n) is 21.0. The molecule has 0 aliphatic carbocycles. The molecule has 2 aromatic carbocycles. The van der Waals surface area contributed by atoms with Crippen molar-refractivity contribution in [2.75, 3.05) is 29.9 Å². The third-order valence-corrected chi connectivity index (χ3v) is 6.27. The molecule has 3 N–H and O–H groups in total. The summed E-state index contributed by atoms with van der Waals surface area (Å²) < 4.78 is 46.3. The number of carboxylic acid groups (broad SMARTS) is 1. The Morgan fingerprint density at radius 2 is 1.69 bits per heavy atom. The molecule has 4 rings (SSSR count). The van der Waals surface area contributed by atoms with Crippen LogP contribution in [0.25, 0.3) is 11.1 Å². The molecule has 206 valence electrons. The predicted octanol–water partition coefficient (Wildman–Crippen LogP) is 5.05. The first-order valence-corrected chi connectivity index (χ1v) is 12.4. The number of carboxylic acids is 1. The number of alkyl halides is 3. The van der Waals surface area contributed by atoms with E-state index >= 15 is 0 Å². The molecule has 39 heavy (non-hydrogen) atoms. The molecule has 1 unspecified atom stereocenters. The van der Waals surface area contributed by atoms with E-state index < -0.39 is 35.4 Å². The summed E-state index contributed by atoms with van der Waals surface area (Å²) in [6.07, 6.45) is -3.29. The average molecular weight is 545 g/mol. The quantitative estimate of drug-likeness (QED) is 0.362. The Labute approximate surface area is 222 Å². The summed E-state index contributed by atoms with van der Waals surface area (Å²) in [5.41, 5.74) is 0.750. The maximum absolute atomic E-state index is 13.6. The molecule has 1 fully saturated rings. The smallest absolute Gasteiger partial charge is 0.437 e. The third-order valence-electron chi connectivity index (χ3n) is 6.27. The molecule has 2 amide bonds. The number of rotatable bonds is 8. The van der Waals surface area contributed by atoms with Gasteiger partial charge in [0.15, 0.2) is 5.69 Å². The molecular formula is C27H27F3N4O5. The lowest BCUT2D eigenvalue weighted by Crippen LogP contribution is -2.34. The molecule has 3 aromatic rings. The van der Waals surface area contributed by atoms with E-state index in [4.69, 9.17) is 9.52 Å². The van der Waals surface area contributed by atoms with Crippen molar-refractivity contribution in [3.8, 4) is 11.1 Å². The number of hydrogen-bond acceptors (Lipinski definition) is 6. The lowest BCUT2D eigenvalue weighted by atomic mass is 10.0.